The summed E-state index contributed by atoms with van der Waals surface area (Å²) in [5.74, 6) is 1.95. The molecule has 3 rings (SSSR count). The third kappa shape index (κ3) is 4.91. The summed E-state index contributed by atoms with van der Waals surface area (Å²) in [7, 11) is 3.17. The zero-order valence-electron chi connectivity index (χ0n) is 16.5. The standard InChI is InChI=1S/C19H23N5O5/c1-4-28-12-17(25)20-9-10-29-18-8-7-16-21-22-19(24(16)23-18)14-11-13(26-2)5-6-15(14)27-3/h5-8,11H,4,9-10,12H2,1-3H3,(H,20,25). The average Bonchev–Trinajstić information content (AvgIpc) is 3.17. The summed E-state index contributed by atoms with van der Waals surface area (Å²) < 4.78 is 23.0. The Morgan fingerprint density at radius 3 is 2.76 bits per heavy atom. The largest absolute Gasteiger partial charge is 0.497 e. The first kappa shape index (κ1) is 20.3. The van der Waals surface area contributed by atoms with Gasteiger partial charge in [-0.25, -0.2) is 0 Å². The normalized spacial score (nSPS) is 10.7. The van der Waals surface area contributed by atoms with Gasteiger partial charge < -0.3 is 24.3 Å². The molecule has 0 aliphatic carbocycles. The van der Waals surface area contributed by atoms with Crippen molar-refractivity contribution in [2.24, 2.45) is 0 Å². The Labute approximate surface area is 167 Å². The number of methoxy groups -OCH3 is 2. The fraction of sp³-hybridized carbons (Fsp3) is 0.368. The SMILES string of the molecule is CCOCC(=O)NCCOc1ccc2nnc(-c3cc(OC)ccc3OC)n2n1. The highest BCUT2D eigenvalue weighted by Gasteiger charge is 2.16. The molecular formula is C19H23N5O5. The molecule has 154 valence electrons. The van der Waals surface area contributed by atoms with Crippen LogP contribution in [0.25, 0.3) is 17.0 Å². The molecular weight excluding hydrogens is 378 g/mol. The maximum Gasteiger partial charge on any atom is 0.246 e. The van der Waals surface area contributed by atoms with Crippen LogP contribution < -0.4 is 19.5 Å². The zero-order valence-corrected chi connectivity index (χ0v) is 16.5. The van der Waals surface area contributed by atoms with Crippen LogP contribution in [0.3, 0.4) is 0 Å². The van der Waals surface area contributed by atoms with Crippen molar-refractivity contribution in [2.75, 3.05) is 40.6 Å². The summed E-state index contributed by atoms with van der Waals surface area (Å²) in [4.78, 5) is 11.5. The second-order valence-electron chi connectivity index (χ2n) is 5.87. The van der Waals surface area contributed by atoms with Crippen molar-refractivity contribution < 1.29 is 23.7 Å². The Balaban J connectivity index is 1.75. The molecule has 3 aromatic rings. The number of hydrogen-bond donors (Lipinski definition) is 1. The highest BCUT2D eigenvalue weighted by atomic mass is 16.5. The Hall–Kier alpha value is -3.40. The van der Waals surface area contributed by atoms with Crippen molar-refractivity contribution in [1.29, 1.82) is 0 Å². The van der Waals surface area contributed by atoms with E-state index in [2.05, 4.69) is 20.6 Å². The van der Waals surface area contributed by atoms with Gasteiger partial charge in [-0.1, -0.05) is 0 Å². The van der Waals surface area contributed by atoms with Gasteiger partial charge in [-0.05, 0) is 31.2 Å². The van der Waals surface area contributed by atoms with Crippen molar-refractivity contribution in [3.63, 3.8) is 0 Å². The van der Waals surface area contributed by atoms with Crippen molar-refractivity contribution in [2.45, 2.75) is 6.92 Å². The quantitative estimate of drug-likeness (QED) is 0.507. The molecule has 29 heavy (non-hydrogen) atoms. The van der Waals surface area contributed by atoms with Gasteiger partial charge >= 0.3 is 0 Å². The van der Waals surface area contributed by atoms with Gasteiger partial charge in [-0.2, -0.15) is 4.52 Å². The lowest BCUT2D eigenvalue weighted by Crippen LogP contribution is -2.31. The van der Waals surface area contributed by atoms with Gasteiger partial charge in [-0.3, -0.25) is 4.79 Å². The van der Waals surface area contributed by atoms with Gasteiger partial charge in [0.1, 0.15) is 24.7 Å². The Morgan fingerprint density at radius 2 is 2.00 bits per heavy atom. The lowest BCUT2D eigenvalue weighted by molar-refractivity contribution is -0.125. The van der Waals surface area contributed by atoms with Crippen molar-refractivity contribution in [3.8, 4) is 28.8 Å². The maximum atomic E-state index is 11.5. The molecule has 2 heterocycles. The van der Waals surface area contributed by atoms with E-state index in [-0.39, 0.29) is 19.1 Å². The van der Waals surface area contributed by atoms with Gasteiger partial charge in [0.25, 0.3) is 0 Å². The number of amides is 1. The molecule has 0 saturated carbocycles. The van der Waals surface area contributed by atoms with Crippen molar-refractivity contribution in [3.05, 3.63) is 30.3 Å². The summed E-state index contributed by atoms with van der Waals surface area (Å²) in [6, 6.07) is 8.84. The smallest absolute Gasteiger partial charge is 0.246 e. The molecule has 10 nitrogen and oxygen atoms in total. The Bertz CT molecular complexity index is 975. The summed E-state index contributed by atoms with van der Waals surface area (Å²) in [5.41, 5.74) is 1.24. The van der Waals surface area contributed by atoms with Gasteiger partial charge in [0.2, 0.25) is 11.8 Å². The van der Waals surface area contributed by atoms with Crippen LogP contribution >= 0.6 is 0 Å². The van der Waals surface area contributed by atoms with Gasteiger partial charge in [0.15, 0.2) is 11.5 Å². The third-order valence-electron chi connectivity index (χ3n) is 4.00. The fourth-order valence-corrected chi connectivity index (χ4v) is 2.60. The molecule has 0 fully saturated rings. The molecule has 0 unspecified atom stereocenters. The summed E-state index contributed by atoms with van der Waals surface area (Å²) in [6.45, 7) is 2.96. The molecule has 0 atom stereocenters. The first-order valence-electron chi connectivity index (χ1n) is 9.08. The molecule has 1 N–H and O–H groups in total. The molecule has 0 aliphatic rings. The molecule has 0 saturated heterocycles. The predicted molar refractivity (Wildman–Crippen MR) is 104 cm³/mol. The number of carbonyl (C=O) groups excluding carboxylic acids is 1. The predicted octanol–water partition coefficient (Wildman–Crippen LogP) is 1.34. The van der Waals surface area contributed by atoms with Crippen LogP contribution in [0.4, 0.5) is 0 Å². The number of nitrogens with zero attached hydrogens (tertiary/aromatic N) is 4. The van der Waals surface area contributed by atoms with Gasteiger partial charge in [-0.15, -0.1) is 15.3 Å². The first-order valence-corrected chi connectivity index (χ1v) is 9.08. The molecule has 0 radical (unpaired) electrons. The van der Waals surface area contributed by atoms with E-state index in [1.807, 2.05) is 6.92 Å². The fourth-order valence-electron chi connectivity index (χ4n) is 2.60. The van der Waals surface area contributed by atoms with E-state index in [0.717, 1.165) is 0 Å². The number of nitrogens with one attached hydrogen (secondary N) is 1. The maximum absolute atomic E-state index is 11.5. The number of benzene rings is 1. The van der Waals surface area contributed by atoms with Crippen LogP contribution in [0.15, 0.2) is 30.3 Å². The van der Waals surface area contributed by atoms with E-state index >= 15 is 0 Å². The Kier molecular flexibility index (Phi) is 6.80. The van der Waals surface area contributed by atoms with E-state index in [0.29, 0.717) is 47.6 Å². The number of rotatable bonds is 10. The summed E-state index contributed by atoms with van der Waals surface area (Å²) >= 11 is 0. The first-order chi connectivity index (χ1) is 14.2. The number of fused-ring (bicyclic) bond motifs is 1. The second kappa shape index (κ2) is 9.69. The highest BCUT2D eigenvalue weighted by Crippen LogP contribution is 2.32. The minimum absolute atomic E-state index is 0.0349. The van der Waals surface area contributed by atoms with Crippen LogP contribution in [0.2, 0.25) is 0 Å². The molecule has 0 aliphatic heterocycles. The monoisotopic (exact) mass is 401 g/mol. The molecule has 0 bridgehead atoms. The van der Waals surface area contributed by atoms with Crippen molar-refractivity contribution in [1.82, 2.24) is 25.1 Å². The number of ether oxygens (including phenoxy) is 4. The van der Waals surface area contributed by atoms with E-state index in [1.165, 1.54) is 0 Å². The van der Waals surface area contributed by atoms with E-state index in [4.69, 9.17) is 18.9 Å². The highest BCUT2D eigenvalue weighted by molar-refractivity contribution is 5.77. The van der Waals surface area contributed by atoms with E-state index in [1.54, 1.807) is 49.1 Å². The lowest BCUT2D eigenvalue weighted by Gasteiger charge is -2.10. The summed E-state index contributed by atoms with van der Waals surface area (Å²) in [5, 5.41) is 15.5. The molecule has 0 spiro atoms. The Morgan fingerprint density at radius 1 is 1.14 bits per heavy atom. The molecule has 2 aromatic heterocycles. The van der Waals surface area contributed by atoms with Crippen LogP contribution in [-0.4, -0.2) is 66.3 Å². The van der Waals surface area contributed by atoms with Crippen LogP contribution in [0, 0.1) is 0 Å². The summed E-state index contributed by atoms with van der Waals surface area (Å²) in [6.07, 6.45) is 0. The molecule has 1 amide bonds. The van der Waals surface area contributed by atoms with Gasteiger partial charge in [0, 0.05) is 12.7 Å². The number of hydrogen-bond acceptors (Lipinski definition) is 8. The lowest BCUT2D eigenvalue weighted by atomic mass is 10.2. The van der Waals surface area contributed by atoms with E-state index in [9.17, 15) is 4.79 Å². The van der Waals surface area contributed by atoms with E-state index < -0.39 is 0 Å². The second-order valence-corrected chi connectivity index (χ2v) is 5.87. The van der Waals surface area contributed by atoms with Crippen LogP contribution in [0.5, 0.6) is 17.4 Å². The topological polar surface area (TPSA) is 109 Å². The number of carbonyl (C=O) groups is 1. The molecule has 1 aromatic carbocycles. The average molecular weight is 401 g/mol. The van der Waals surface area contributed by atoms with Crippen molar-refractivity contribution >= 4 is 11.6 Å². The zero-order chi connectivity index (χ0) is 20.6. The van der Waals surface area contributed by atoms with Crippen LogP contribution in [0.1, 0.15) is 6.92 Å². The molecule has 10 heteroatoms. The number of aromatic nitrogens is 4. The third-order valence-corrected chi connectivity index (χ3v) is 4.00. The minimum atomic E-state index is -0.190. The van der Waals surface area contributed by atoms with Crippen LogP contribution in [-0.2, 0) is 9.53 Å². The van der Waals surface area contributed by atoms with Gasteiger partial charge in [0.05, 0.1) is 26.3 Å². The minimum Gasteiger partial charge on any atom is -0.497 e.